The quantitative estimate of drug-likeness (QED) is 0.408. The van der Waals surface area contributed by atoms with Crippen molar-refractivity contribution in [3.05, 3.63) is 30.2 Å². The van der Waals surface area contributed by atoms with Gasteiger partial charge in [-0.3, -0.25) is 9.98 Å². The van der Waals surface area contributed by atoms with Gasteiger partial charge < -0.3 is 20.1 Å². The highest BCUT2D eigenvalue weighted by molar-refractivity contribution is 5.79. The maximum Gasteiger partial charge on any atom is 0.276 e. The van der Waals surface area contributed by atoms with Gasteiger partial charge in [0.2, 0.25) is 0 Å². The first kappa shape index (κ1) is 20.3. The van der Waals surface area contributed by atoms with Gasteiger partial charge >= 0.3 is 0 Å². The Balaban J connectivity index is 1.34. The number of rotatable bonds is 8. The van der Waals surface area contributed by atoms with E-state index >= 15 is 0 Å². The van der Waals surface area contributed by atoms with Crippen LogP contribution in [0.15, 0.2) is 33.9 Å². The molecule has 0 aromatic carbocycles. The van der Waals surface area contributed by atoms with Crippen LogP contribution in [0.1, 0.15) is 38.4 Å². The summed E-state index contributed by atoms with van der Waals surface area (Å²) < 4.78 is 5.28. The van der Waals surface area contributed by atoms with Gasteiger partial charge in [0.1, 0.15) is 5.69 Å². The van der Waals surface area contributed by atoms with Crippen molar-refractivity contribution in [1.82, 2.24) is 30.7 Å². The summed E-state index contributed by atoms with van der Waals surface area (Å²) >= 11 is 0. The summed E-state index contributed by atoms with van der Waals surface area (Å²) in [6.45, 7) is 6.31. The normalized spacial score (nSPS) is 18.2. The highest BCUT2D eigenvalue weighted by Crippen LogP contribution is 2.16. The molecule has 0 radical (unpaired) electrons. The Morgan fingerprint density at radius 2 is 2.18 bits per heavy atom. The topological polar surface area (TPSA) is 91.5 Å². The monoisotopic (exact) mass is 385 g/mol. The second-order valence-electron chi connectivity index (χ2n) is 7.14. The molecule has 1 aliphatic rings. The minimum absolute atomic E-state index is 0.449. The fourth-order valence-corrected chi connectivity index (χ4v) is 3.44. The van der Waals surface area contributed by atoms with Crippen molar-refractivity contribution in [3.63, 3.8) is 0 Å². The summed E-state index contributed by atoms with van der Waals surface area (Å²) in [5, 5.41) is 10.7. The lowest BCUT2D eigenvalue weighted by atomic mass is 10.0. The van der Waals surface area contributed by atoms with E-state index in [1.807, 2.05) is 18.2 Å². The number of aliphatic imine (C=N–C) groups is 1. The number of pyridine rings is 1. The summed E-state index contributed by atoms with van der Waals surface area (Å²) in [6.07, 6.45) is 7.51. The van der Waals surface area contributed by atoms with Crippen molar-refractivity contribution < 1.29 is 4.52 Å². The van der Waals surface area contributed by atoms with Crippen molar-refractivity contribution in [2.24, 2.45) is 4.99 Å². The van der Waals surface area contributed by atoms with E-state index in [1.54, 1.807) is 13.2 Å². The summed E-state index contributed by atoms with van der Waals surface area (Å²) in [5.41, 5.74) is 0.690. The number of hydrogen-bond acceptors (Lipinski definition) is 6. The Kier molecular flexibility index (Phi) is 7.78. The third-order valence-corrected chi connectivity index (χ3v) is 5.07. The first-order valence-electron chi connectivity index (χ1n) is 10.2. The minimum atomic E-state index is 0.449. The van der Waals surface area contributed by atoms with E-state index in [1.165, 1.54) is 25.8 Å². The van der Waals surface area contributed by atoms with Gasteiger partial charge in [0.05, 0.1) is 0 Å². The zero-order valence-electron chi connectivity index (χ0n) is 16.9. The van der Waals surface area contributed by atoms with Crippen LogP contribution in [0.2, 0.25) is 0 Å². The Morgan fingerprint density at radius 1 is 1.29 bits per heavy atom. The molecule has 3 rings (SSSR count). The van der Waals surface area contributed by atoms with Crippen LogP contribution in [0, 0.1) is 0 Å². The van der Waals surface area contributed by atoms with Gasteiger partial charge in [-0.05, 0) is 44.9 Å². The second kappa shape index (κ2) is 10.8. The smallest absolute Gasteiger partial charge is 0.276 e. The van der Waals surface area contributed by atoms with Gasteiger partial charge in [-0.1, -0.05) is 17.6 Å². The molecule has 2 aromatic heterocycles. The fourth-order valence-electron chi connectivity index (χ4n) is 3.44. The average molecular weight is 386 g/mol. The van der Waals surface area contributed by atoms with Crippen molar-refractivity contribution >= 4 is 5.96 Å². The van der Waals surface area contributed by atoms with E-state index in [2.05, 4.69) is 42.6 Å². The van der Waals surface area contributed by atoms with Crippen LogP contribution >= 0.6 is 0 Å². The predicted molar refractivity (Wildman–Crippen MR) is 110 cm³/mol. The predicted octanol–water partition coefficient (Wildman–Crippen LogP) is 2.10. The number of guanidine groups is 1. The number of piperidine rings is 1. The summed E-state index contributed by atoms with van der Waals surface area (Å²) in [5.74, 6) is 1.91. The molecule has 1 fully saturated rings. The number of nitrogens with zero attached hydrogens (tertiary/aromatic N) is 5. The molecule has 0 saturated carbocycles. The van der Waals surface area contributed by atoms with Gasteiger partial charge in [0.15, 0.2) is 11.8 Å². The third kappa shape index (κ3) is 6.02. The van der Waals surface area contributed by atoms with E-state index < -0.39 is 0 Å². The lowest BCUT2D eigenvalue weighted by molar-refractivity contribution is 0.159. The minimum Gasteiger partial charge on any atom is -0.356 e. The molecule has 2 N–H and O–H groups in total. The van der Waals surface area contributed by atoms with Crippen LogP contribution in [0.5, 0.6) is 0 Å². The maximum absolute atomic E-state index is 5.28. The van der Waals surface area contributed by atoms with Gasteiger partial charge in [-0.2, -0.15) is 4.98 Å². The summed E-state index contributed by atoms with van der Waals surface area (Å²) in [7, 11) is 1.79. The highest BCUT2D eigenvalue weighted by Gasteiger charge is 2.17. The molecule has 3 heterocycles. The molecule has 152 valence electrons. The van der Waals surface area contributed by atoms with Crippen molar-refractivity contribution in [2.75, 3.05) is 33.2 Å². The lowest BCUT2D eigenvalue weighted by Crippen LogP contribution is -2.41. The molecule has 1 unspecified atom stereocenters. The SMILES string of the molecule is CN=C(NCCCN1CCCCC1C)NCCc1noc(-c2ccccn2)n1. The van der Waals surface area contributed by atoms with E-state index in [0.29, 0.717) is 30.4 Å². The largest absolute Gasteiger partial charge is 0.356 e. The average Bonchev–Trinajstić information content (AvgIpc) is 3.20. The highest BCUT2D eigenvalue weighted by atomic mass is 16.5. The number of likely N-dealkylation sites (tertiary alicyclic amines) is 1. The van der Waals surface area contributed by atoms with Crippen molar-refractivity contribution in [1.29, 1.82) is 0 Å². The first-order valence-corrected chi connectivity index (χ1v) is 10.2. The molecule has 2 aromatic rings. The summed E-state index contributed by atoms with van der Waals surface area (Å²) in [6, 6.07) is 6.33. The van der Waals surface area contributed by atoms with Crippen LogP contribution in [-0.4, -0.2) is 65.3 Å². The van der Waals surface area contributed by atoms with E-state index in [0.717, 1.165) is 31.5 Å². The standard InChI is InChI=1S/C20H31N7O/c1-16-8-4-6-14-27(16)15-7-12-23-20(21-2)24-13-10-18-25-19(28-26-18)17-9-3-5-11-22-17/h3,5,9,11,16H,4,6-8,10,12-15H2,1-2H3,(H2,21,23,24). The summed E-state index contributed by atoms with van der Waals surface area (Å²) in [4.78, 5) is 15.5. The molecule has 0 amide bonds. The van der Waals surface area contributed by atoms with Crippen LogP contribution in [-0.2, 0) is 6.42 Å². The molecule has 1 aliphatic heterocycles. The van der Waals surface area contributed by atoms with Crippen molar-refractivity contribution in [3.8, 4) is 11.6 Å². The van der Waals surface area contributed by atoms with Gasteiger partial charge in [0.25, 0.3) is 5.89 Å². The zero-order valence-corrected chi connectivity index (χ0v) is 16.9. The molecule has 1 atom stereocenters. The molecular formula is C20H31N7O. The van der Waals surface area contributed by atoms with Gasteiger partial charge in [-0.25, -0.2) is 0 Å². The van der Waals surface area contributed by atoms with E-state index in [4.69, 9.17) is 4.52 Å². The fraction of sp³-hybridized carbons (Fsp3) is 0.600. The number of nitrogens with one attached hydrogen (secondary N) is 2. The zero-order chi connectivity index (χ0) is 19.6. The molecule has 0 bridgehead atoms. The third-order valence-electron chi connectivity index (χ3n) is 5.07. The molecule has 8 nitrogen and oxygen atoms in total. The Hall–Kier alpha value is -2.48. The molecule has 0 aliphatic carbocycles. The van der Waals surface area contributed by atoms with Crippen molar-refractivity contribution in [2.45, 2.75) is 45.1 Å². The molecule has 0 spiro atoms. The molecule has 1 saturated heterocycles. The lowest BCUT2D eigenvalue weighted by Gasteiger charge is -2.33. The van der Waals surface area contributed by atoms with Crippen LogP contribution in [0.4, 0.5) is 0 Å². The molecular weight excluding hydrogens is 354 g/mol. The van der Waals surface area contributed by atoms with E-state index in [-0.39, 0.29) is 0 Å². The van der Waals surface area contributed by atoms with Crippen LogP contribution in [0.3, 0.4) is 0 Å². The van der Waals surface area contributed by atoms with Gasteiger partial charge in [-0.15, -0.1) is 0 Å². The number of aromatic nitrogens is 3. The second-order valence-corrected chi connectivity index (χ2v) is 7.14. The van der Waals surface area contributed by atoms with Gasteiger partial charge in [0, 0.05) is 45.3 Å². The molecule has 28 heavy (non-hydrogen) atoms. The van der Waals surface area contributed by atoms with Crippen LogP contribution < -0.4 is 10.6 Å². The van der Waals surface area contributed by atoms with E-state index in [9.17, 15) is 0 Å². The Bertz CT molecular complexity index is 731. The Morgan fingerprint density at radius 3 is 2.96 bits per heavy atom. The number of hydrogen-bond donors (Lipinski definition) is 2. The molecule has 8 heteroatoms. The van der Waals surface area contributed by atoms with Crippen LogP contribution in [0.25, 0.3) is 11.6 Å². The first-order chi connectivity index (χ1) is 13.8. The Labute approximate surface area is 166 Å². The maximum atomic E-state index is 5.28.